The highest BCUT2D eigenvalue weighted by molar-refractivity contribution is 6.39. The summed E-state index contributed by atoms with van der Waals surface area (Å²) in [5.41, 5.74) is 0.418. The Morgan fingerprint density at radius 1 is 1.17 bits per heavy atom. The fraction of sp³-hybridized carbons (Fsp3) is 0.333. The van der Waals surface area contributed by atoms with Crippen LogP contribution in [0.25, 0.3) is 6.08 Å². The van der Waals surface area contributed by atoms with Crippen LogP contribution in [0.4, 0.5) is 0 Å². The molecule has 36 heavy (non-hydrogen) atoms. The third-order valence-corrected chi connectivity index (χ3v) is 6.04. The Kier molecular flexibility index (Phi) is 9.92. The molecule has 2 aromatic rings. The summed E-state index contributed by atoms with van der Waals surface area (Å²) in [5, 5.41) is 20.1. The van der Waals surface area contributed by atoms with Crippen molar-refractivity contribution < 1.29 is 28.7 Å². The molecule has 0 saturated carbocycles. The molecule has 0 bridgehead atoms. The van der Waals surface area contributed by atoms with Gasteiger partial charge in [0.1, 0.15) is 11.8 Å². The predicted octanol–water partition coefficient (Wildman–Crippen LogP) is 2.36. The molecular weight excluding hydrogens is 511 g/mol. The number of piperidine rings is 1. The third-order valence-electron chi connectivity index (χ3n) is 5.45. The van der Waals surface area contributed by atoms with E-state index in [1.807, 2.05) is 0 Å². The van der Waals surface area contributed by atoms with Gasteiger partial charge in [-0.15, -0.1) is 0 Å². The van der Waals surface area contributed by atoms with Gasteiger partial charge in [-0.2, -0.15) is 0 Å². The Labute approximate surface area is 217 Å². The molecule has 5 N–H and O–H groups in total. The van der Waals surface area contributed by atoms with Crippen LogP contribution in [-0.2, 0) is 20.9 Å². The average Bonchev–Trinajstić information content (AvgIpc) is 3.37. The Bertz CT molecular complexity index is 1110. The number of carboxylic acids is 1. The van der Waals surface area contributed by atoms with Crippen molar-refractivity contribution in [2.75, 3.05) is 13.1 Å². The topological polar surface area (TPSA) is 150 Å². The van der Waals surface area contributed by atoms with E-state index in [0.717, 1.165) is 19.4 Å². The van der Waals surface area contributed by atoms with Gasteiger partial charge >= 0.3 is 5.97 Å². The van der Waals surface area contributed by atoms with Crippen LogP contribution in [-0.4, -0.2) is 54.0 Å². The van der Waals surface area contributed by atoms with Crippen molar-refractivity contribution in [1.82, 2.24) is 21.3 Å². The molecule has 12 heteroatoms. The monoisotopic (exact) mass is 536 g/mol. The molecular formula is C24H26Cl2N4O6. The van der Waals surface area contributed by atoms with E-state index in [1.54, 1.807) is 12.1 Å². The zero-order valence-corrected chi connectivity index (χ0v) is 20.7. The zero-order valence-electron chi connectivity index (χ0n) is 19.2. The lowest BCUT2D eigenvalue weighted by atomic mass is 10.0. The van der Waals surface area contributed by atoms with Gasteiger partial charge in [0.25, 0.3) is 5.91 Å². The van der Waals surface area contributed by atoms with Crippen LogP contribution in [0.3, 0.4) is 0 Å². The Balaban J connectivity index is 1.57. The van der Waals surface area contributed by atoms with E-state index in [4.69, 9.17) is 27.6 Å². The summed E-state index contributed by atoms with van der Waals surface area (Å²) in [6.45, 7) is 0.500. The van der Waals surface area contributed by atoms with Crippen LogP contribution in [0, 0.1) is 0 Å². The van der Waals surface area contributed by atoms with Gasteiger partial charge in [-0.3, -0.25) is 14.4 Å². The van der Waals surface area contributed by atoms with Gasteiger partial charge in [0.05, 0.1) is 27.9 Å². The summed E-state index contributed by atoms with van der Waals surface area (Å²) < 4.78 is 5.11. The van der Waals surface area contributed by atoms with Crippen LogP contribution >= 0.6 is 23.2 Å². The van der Waals surface area contributed by atoms with Gasteiger partial charge in [0.2, 0.25) is 11.8 Å². The van der Waals surface area contributed by atoms with E-state index in [9.17, 15) is 24.3 Å². The Morgan fingerprint density at radius 2 is 1.92 bits per heavy atom. The molecule has 2 atom stereocenters. The maximum atomic E-state index is 12.8. The lowest BCUT2D eigenvalue weighted by Crippen LogP contribution is -2.53. The summed E-state index contributed by atoms with van der Waals surface area (Å²) >= 11 is 12.5. The number of halogens is 2. The minimum atomic E-state index is -1.39. The minimum Gasteiger partial charge on any atom is -0.480 e. The molecule has 0 radical (unpaired) electrons. The summed E-state index contributed by atoms with van der Waals surface area (Å²) in [4.78, 5) is 48.7. The van der Waals surface area contributed by atoms with E-state index >= 15 is 0 Å². The molecule has 10 nitrogen and oxygen atoms in total. The molecule has 1 aliphatic rings. The van der Waals surface area contributed by atoms with E-state index in [0.29, 0.717) is 17.7 Å². The van der Waals surface area contributed by atoms with Crippen LogP contribution in [0.15, 0.2) is 41.0 Å². The number of aliphatic carboxylic acids is 1. The summed E-state index contributed by atoms with van der Waals surface area (Å²) in [5.74, 6) is -2.31. The number of hydrogen-bond acceptors (Lipinski definition) is 6. The smallest absolute Gasteiger partial charge is 0.328 e. The van der Waals surface area contributed by atoms with Crippen molar-refractivity contribution in [1.29, 1.82) is 0 Å². The molecule has 2 heterocycles. The van der Waals surface area contributed by atoms with Crippen molar-refractivity contribution in [2.45, 2.75) is 37.9 Å². The van der Waals surface area contributed by atoms with Gasteiger partial charge < -0.3 is 30.8 Å². The highest BCUT2D eigenvalue weighted by Crippen LogP contribution is 2.27. The largest absolute Gasteiger partial charge is 0.480 e. The Morgan fingerprint density at radius 3 is 2.53 bits per heavy atom. The maximum absolute atomic E-state index is 12.8. The van der Waals surface area contributed by atoms with Crippen molar-refractivity contribution in [3.05, 3.63) is 63.5 Å². The first-order valence-electron chi connectivity index (χ1n) is 11.3. The maximum Gasteiger partial charge on any atom is 0.328 e. The van der Waals surface area contributed by atoms with Crippen molar-refractivity contribution in [3.8, 4) is 0 Å². The number of carboxylic acid groups (broad SMARTS) is 1. The van der Waals surface area contributed by atoms with E-state index in [-0.39, 0.29) is 46.6 Å². The molecule has 3 amide bonds. The first-order valence-corrected chi connectivity index (χ1v) is 12.0. The minimum absolute atomic E-state index is 0.0186. The van der Waals surface area contributed by atoms with E-state index < -0.39 is 17.9 Å². The lowest BCUT2D eigenvalue weighted by Gasteiger charge is -2.23. The van der Waals surface area contributed by atoms with Crippen LogP contribution in [0.1, 0.15) is 40.9 Å². The number of amides is 3. The average molecular weight is 537 g/mol. The predicted molar refractivity (Wildman–Crippen MR) is 134 cm³/mol. The molecule has 0 spiro atoms. The third kappa shape index (κ3) is 7.84. The normalized spacial score (nSPS) is 16.3. The number of carbonyl (C=O) groups excluding carboxylic acids is 3. The number of rotatable bonds is 10. The SMILES string of the molecule is O=C(C=Cc1ccco1)NCc1cc(Cl)c(C(=O)N[C@@H](CNC(=O)C2CCCCN2)C(=O)O)c(Cl)c1. The molecule has 3 rings (SSSR count). The summed E-state index contributed by atoms with van der Waals surface area (Å²) in [6.07, 6.45) is 6.85. The number of benzene rings is 1. The van der Waals surface area contributed by atoms with E-state index in [1.165, 1.54) is 30.5 Å². The summed E-state index contributed by atoms with van der Waals surface area (Å²) in [7, 11) is 0. The quantitative estimate of drug-likeness (QED) is 0.292. The second-order valence-electron chi connectivity index (χ2n) is 8.11. The van der Waals surface area contributed by atoms with Gasteiger partial charge in [0, 0.05) is 19.2 Å². The van der Waals surface area contributed by atoms with Crippen molar-refractivity contribution >= 4 is 53.0 Å². The molecule has 1 fully saturated rings. The standard InChI is InChI=1S/C24H26Cl2N4O6/c25-16-10-14(12-28-20(31)7-6-15-4-3-9-36-15)11-17(26)21(16)23(33)30-19(24(34)35)13-29-22(32)18-5-1-2-8-27-18/h3-4,6-7,9-11,18-19,27H,1-2,5,8,12-13H2,(H,28,31)(H,29,32)(H,30,33)(H,34,35)/t18?,19-/m0/s1. The van der Waals surface area contributed by atoms with Gasteiger partial charge in [-0.05, 0) is 55.3 Å². The van der Waals surface area contributed by atoms with E-state index in [2.05, 4.69) is 21.3 Å². The first-order chi connectivity index (χ1) is 17.2. The molecule has 0 aliphatic carbocycles. The number of nitrogens with one attached hydrogen (secondary N) is 4. The van der Waals surface area contributed by atoms with Gasteiger partial charge in [-0.1, -0.05) is 29.6 Å². The second-order valence-corrected chi connectivity index (χ2v) is 8.93. The fourth-order valence-electron chi connectivity index (χ4n) is 3.57. The summed E-state index contributed by atoms with van der Waals surface area (Å²) in [6, 6.07) is 4.52. The fourth-order valence-corrected chi connectivity index (χ4v) is 4.27. The molecule has 1 aromatic carbocycles. The zero-order chi connectivity index (χ0) is 26.1. The molecule has 192 valence electrons. The van der Waals surface area contributed by atoms with Gasteiger partial charge in [0.15, 0.2) is 0 Å². The van der Waals surface area contributed by atoms with Crippen molar-refractivity contribution in [2.24, 2.45) is 0 Å². The highest BCUT2D eigenvalue weighted by atomic mass is 35.5. The molecule has 1 aliphatic heterocycles. The first kappa shape index (κ1) is 27.3. The van der Waals surface area contributed by atoms with Crippen molar-refractivity contribution in [3.63, 3.8) is 0 Å². The van der Waals surface area contributed by atoms with Crippen LogP contribution in [0.5, 0.6) is 0 Å². The second kappa shape index (κ2) is 13.1. The van der Waals surface area contributed by atoms with Gasteiger partial charge in [-0.25, -0.2) is 4.79 Å². The number of hydrogen-bond donors (Lipinski definition) is 5. The lowest BCUT2D eigenvalue weighted by molar-refractivity contribution is -0.139. The molecule has 1 unspecified atom stereocenters. The molecule has 1 aromatic heterocycles. The Hall–Kier alpha value is -3.34. The van der Waals surface area contributed by atoms with Crippen LogP contribution < -0.4 is 21.3 Å². The highest BCUT2D eigenvalue weighted by Gasteiger charge is 2.26. The number of carbonyl (C=O) groups is 4. The van der Waals surface area contributed by atoms with Crippen LogP contribution in [0.2, 0.25) is 10.0 Å². The number of furan rings is 1. The molecule has 1 saturated heterocycles.